The third-order valence-corrected chi connectivity index (χ3v) is 3.61. The first-order valence-electron chi connectivity index (χ1n) is 6.60. The van der Waals surface area contributed by atoms with Gasteiger partial charge in [-0.25, -0.2) is 4.39 Å². The van der Waals surface area contributed by atoms with Crippen LogP contribution in [0, 0.1) is 5.82 Å². The second-order valence-electron chi connectivity index (χ2n) is 5.27. The summed E-state index contributed by atoms with van der Waals surface area (Å²) in [5, 5.41) is 0.459. The molecule has 1 aromatic carbocycles. The van der Waals surface area contributed by atoms with Gasteiger partial charge in [-0.1, -0.05) is 19.9 Å². The van der Waals surface area contributed by atoms with Crippen molar-refractivity contribution in [1.29, 1.82) is 0 Å². The minimum atomic E-state index is -0.242. The van der Waals surface area contributed by atoms with Crippen molar-refractivity contribution in [3.05, 3.63) is 29.6 Å². The highest BCUT2D eigenvalue weighted by Crippen LogP contribution is 2.33. The van der Waals surface area contributed by atoms with Crippen LogP contribution in [-0.2, 0) is 4.79 Å². The number of fused-ring (bicyclic) bond motifs is 1. The molecule has 0 atom stereocenters. The summed E-state index contributed by atoms with van der Waals surface area (Å²) in [6.45, 7) is 4.56. The first-order valence-corrected chi connectivity index (χ1v) is 6.60. The van der Waals surface area contributed by atoms with E-state index in [2.05, 4.69) is 0 Å². The van der Waals surface area contributed by atoms with Crippen molar-refractivity contribution in [2.45, 2.75) is 32.6 Å². The third-order valence-electron chi connectivity index (χ3n) is 3.61. The van der Waals surface area contributed by atoms with Gasteiger partial charge < -0.3 is 4.42 Å². The number of hydrogen-bond donors (Lipinski definition) is 0. The van der Waals surface area contributed by atoms with Crippen LogP contribution in [-0.4, -0.2) is 12.5 Å². The maximum absolute atomic E-state index is 14.4. The van der Waals surface area contributed by atoms with E-state index in [1.54, 1.807) is 23.1 Å². The number of benzene rings is 1. The van der Waals surface area contributed by atoms with Gasteiger partial charge in [0, 0.05) is 19.0 Å². The lowest BCUT2D eigenvalue weighted by Gasteiger charge is -2.10. The molecule has 1 fully saturated rings. The van der Waals surface area contributed by atoms with Crippen LogP contribution in [0.1, 0.15) is 38.2 Å². The lowest BCUT2D eigenvalue weighted by molar-refractivity contribution is -0.117. The Kier molecular flexibility index (Phi) is 2.81. The number of nitrogens with zero attached hydrogens (tertiary/aromatic N) is 1. The predicted molar refractivity (Wildman–Crippen MR) is 71.8 cm³/mol. The zero-order valence-electron chi connectivity index (χ0n) is 11.1. The maximum Gasteiger partial charge on any atom is 0.229 e. The Morgan fingerprint density at radius 2 is 2.16 bits per heavy atom. The van der Waals surface area contributed by atoms with E-state index >= 15 is 0 Å². The van der Waals surface area contributed by atoms with Crippen molar-refractivity contribution in [3.8, 4) is 0 Å². The molecule has 0 bridgehead atoms. The highest BCUT2D eigenvalue weighted by Gasteiger charge is 2.25. The van der Waals surface area contributed by atoms with Gasteiger partial charge in [-0.05, 0) is 24.0 Å². The van der Waals surface area contributed by atoms with Gasteiger partial charge in [-0.2, -0.15) is 0 Å². The molecule has 1 amide bonds. The standard InChI is InChI=1S/C15H16FNO2/c1-9(2)10-5-6-12-11(15(10)16)8-14(19-12)17-7-3-4-13(17)18/h5-6,8-9H,3-4,7H2,1-2H3. The molecule has 0 aliphatic carbocycles. The largest absolute Gasteiger partial charge is 0.440 e. The Morgan fingerprint density at radius 1 is 1.37 bits per heavy atom. The number of rotatable bonds is 2. The lowest BCUT2D eigenvalue weighted by Crippen LogP contribution is -2.22. The van der Waals surface area contributed by atoms with E-state index in [1.165, 1.54) is 0 Å². The molecule has 1 aliphatic heterocycles. The maximum atomic E-state index is 14.4. The zero-order chi connectivity index (χ0) is 13.6. The molecule has 19 heavy (non-hydrogen) atoms. The van der Waals surface area contributed by atoms with E-state index in [1.807, 2.05) is 13.8 Å². The fourth-order valence-corrected chi connectivity index (χ4v) is 2.54. The molecule has 3 rings (SSSR count). The van der Waals surface area contributed by atoms with Gasteiger partial charge in [0.2, 0.25) is 11.8 Å². The van der Waals surface area contributed by atoms with Crippen molar-refractivity contribution in [3.63, 3.8) is 0 Å². The molecule has 0 N–H and O–H groups in total. The summed E-state index contributed by atoms with van der Waals surface area (Å²) in [4.78, 5) is 13.3. The molecule has 100 valence electrons. The minimum Gasteiger partial charge on any atom is -0.440 e. The average molecular weight is 261 g/mol. The SMILES string of the molecule is CC(C)c1ccc2oc(N3CCCC3=O)cc2c1F. The summed E-state index contributed by atoms with van der Waals surface area (Å²) in [5.41, 5.74) is 1.17. The molecule has 0 unspecified atom stereocenters. The molecule has 1 saturated heterocycles. The molecule has 1 aliphatic rings. The predicted octanol–water partition coefficient (Wildman–Crippen LogP) is 3.82. The van der Waals surface area contributed by atoms with Crippen molar-refractivity contribution in [1.82, 2.24) is 0 Å². The van der Waals surface area contributed by atoms with Crippen LogP contribution in [0.4, 0.5) is 10.3 Å². The summed E-state index contributed by atoms with van der Waals surface area (Å²) in [6, 6.07) is 5.17. The van der Waals surface area contributed by atoms with E-state index in [-0.39, 0.29) is 17.6 Å². The fourth-order valence-electron chi connectivity index (χ4n) is 2.54. The number of furan rings is 1. The van der Waals surface area contributed by atoms with E-state index in [0.29, 0.717) is 35.4 Å². The first-order chi connectivity index (χ1) is 9.08. The Morgan fingerprint density at radius 3 is 2.79 bits per heavy atom. The average Bonchev–Trinajstić information content (AvgIpc) is 2.94. The molecule has 0 saturated carbocycles. The van der Waals surface area contributed by atoms with Gasteiger partial charge in [-0.3, -0.25) is 9.69 Å². The van der Waals surface area contributed by atoms with E-state index < -0.39 is 0 Å². The van der Waals surface area contributed by atoms with E-state index in [0.717, 1.165) is 6.42 Å². The van der Waals surface area contributed by atoms with Crippen LogP contribution in [0.3, 0.4) is 0 Å². The highest BCUT2D eigenvalue weighted by atomic mass is 19.1. The van der Waals surface area contributed by atoms with Crippen molar-refractivity contribution in [2.24, 2.45) is 0 Å². The van der Waals surface area contributed by atoms with Crippen LogP contribution < -0.4 is 4.90 Å². The molecule has 0 radical (unpaired) electrons. The fraction of sp³-hybridized carbons (Fsp3) is 0.400. The Balaban J connectivity index is 2.10. The molecule has 1 aromatic heterocycles. The molecular formula is C15H16FNO2. The van der Waals surface area contributed by atoms with Gasteiger partial charge >= 0.3 is 0 Å². The highest BCUT2D eigenvalue weighted by molar-refractivity contribution is 5.96. The Bertz CT molecular complexity index is 645. The molecule has 2 aromatic rings. The first kappa shape index (κ1) is 12.2. The molecule has 4 heteroatoms. The molecule has 2 heterocycles. The van der Waals surface area contributed by atoms with Crippen molar-refractivity contribution >= 4 is 22.8 Å². The monoisotopic (exact) mass is 261 g/mol. The number of halogens is 1. The number of anilines is 1. The quantitative estimate of drug-likeness (QED) is 0.823. The Hall–Kier alpha value is -1.84. The second kappa shape index (κ2) is 4.37. The third kappa shape index (κ3) is 1.91. The van der Waals surface area contributed by atoms with Crippen LogP contribution >= 0.6 is 0 Å². The van der Waals surface area contributed by atoms with Crippen LogP contribution in [0.25, 0.3) is 11.0 Å². The molecular weight excluding hydrogens is 245 g/mol. The van der Waals surface area contributed by atoms with Crippen molar-refractivity contribution in [2.75, 3.05) is 11.4 Å². The van der Waals surface area contributed by atoms with Gasteiger partial charge in [-0.15, -0.1) is 0 Å². The van der Waals surface area contributed by atoms with E-state index in [9.17, 15) is 9.18 Å². The number of carbonyl (C=O) groups excluding carboxylic acids is 1. The smallest absolute Gasteiger partial charge is 0.229 e. The normalized spacial score (nSPS) is 16.0. The number of carbonyl (C=O) groups is 1. The molecule has 3 nitrogen and oxygen atoms in total. The zero-order valence-corrected chi connectivity index (χ0v) is 11.1. The van der Waals surface area contributed by atoms with Gasteiger partial charge in [0.1, 0.15) is 11.4 Å². The number of amides is 1. The second-order valence-corrected chi connectivity index (χ2v) is 5.27. The minimum absolute atomic E-state index is 0.0450. The molecule has 0 spiro atoms. The summed E-state index contributed by atoms with van der Waals surface area (Å²) >= 11 is 0. The topological polar surface area (TPSA) is 33.5 Å². The van der Waals surface area contributed by atoms with Gasteiger partial charge in [0.15, 0.2) is 0 Å². The van der Waals surface area contributed by atoms with Crippen LogP contribution in [0.5, 0.6) is 0 Å². The van der Waals surface area contributed by atoms with Gasteiger partial charge in [0.05, 0.1) is 5.39 Å². The van der Waals surface area contributed by atoms with Gasteiger partial charge in [0.25, 0.3) is 0 Å². The summed E-state index contributed by atoms with van der Waals surface area (Å²) in [5.74, 6) is 0.381. The number of hydrogen-bond acceptors (Lipinski definition) is 2. The summed E-state index contributed by atoms with van der Waals surface area (Å²) < 4.78 is 20.0. The van der Waals surface area contributed by atoms with Crippen LogP contribution in [0.15, 0.2) is 22.6 Å². The lowest BCUT2D eigenvalue weighted by atomic mass is 10.0. The Labute approximate surface area is 111 Å². The van der Waals surface area contributed by atoms with E-state index in [4.69, 9.17) is 4.42 Å². The summed E-state index contributed by atoms with van der Waals surface area (Å²) in [7, 11) is 0. The van der Waals surface area contributed by atoms with Crippen molar-refractivity contribution < 1.29 is 13.6 Å². The van der Waals surface area contributed by atoms with Crippen LogP contribution in [0.2, 0.25) is 0 Å². The summed E-state index contributed by atoms with van der Waals surface area (Å²) in [6.07, 6.45) is 1.37.